The average molecular weight is 687 g/mol. The van der Waals surface area contributed by atoms with Crippen LogP contribution in [0.15, 0.2) is 36.5 Å². The Bertz CT molecular complexity index is 1620. The number of benzene rings is 1. The van der Waals surface area contributed by atoms with Crippen LogP contribution in [0.1, 0.15) is 66.5 Å². The third-order valence-corrected chi connectivity index (χ3v) is 7.50. The van der Waals surface area contributed by atoms with Gasteiger partial charge in [-0.3, -0.25) is 10.2 Å². The topological polar surface area (TPSA) is 162 Å². The quantitative estimate of drug-likeness (QED) is 0.241. The number of aromatic nitrogens is 3. The summed E-state index contributed by atoms with van der Waals surface area (Å²) in [4.78, 5) is 40.1. The van der Waals surface area contributed by atoms with Gasteiger partial charge in [-0.05, 0) is 49.6 Å². The van der Waals surface area contributed by atoms with E-state index in [2.05, 4.69) is 20.3 Å². The molecule has 0 saturated carbocycles. The van der Waals surface area contributed by atoms with Crippen LogP contribution >= 0.6 is 0 Å². The lowest BCUT2D eigenvalue weighted by Gasteiger charge is -2.46. The van der Waals surface area contributed by atoms with E-state index in [1.165, 1.54) is 24.1 Å². The Morgan fingerprint density at radius 1 is 1.06 bits per heavy atom. The van der Waals surface area contributed by atoms with E-state index in [1.54, 1.807) is 13.8 Å². The van der Waals surface area contributed by atoms with Crippen LogP contribution in [0.25, 0.3) is 0 Å². The molecule has 48 heavy (non-hydrogen) atoms. The number of alkyl halides is 6. The zero-order valence-electron chi connectivity index (χ0n) is 25.9. The van der Waals surface area contributed by atoms with Gasteiger partial charge in [-0.15, -0.1) is 0 Å². The summed E-state index contributed by atoms with van der Waals surface area (Å²) in [5, 5.41) is 11.3. The lowest BCUT2D eigenvalue weighted by atomic mass is 9.83. The van der Waals surface area contributed by atoms with Gasteiger partial charge in [0, 0.05) is 12.5 Å². The lowest BCUT2D eigenvalue weighted by molar-refractivity contribution is -0.143. The van der Waals surface area contributed by atoms with Gasteiger partial charge in [-0.25, -0.2) is 24.5 Å². The van der Waals surface area contributed by atoms with Gasteiger partial charge < -0.3 is 25.1 Å². The first-order valence-electron chi connectivity index (χ1n) is 14.5. The summed E-state index contributed by atoms with van der Waals surface area (Å²) in [6, 6.07) is 4.13. The number of methoxy groups -OCH3 is 1. The molecule has 18 heteroatoms. The van der Waals surface area contributed by atoms with E-state index in [4.69, 9.17) is 25.1 Å². The summed E-state index contributed by atoms with van der Waals surface area (Å²) >= 11 is 0. The van der Waals surface area contributed by atoms with Crippen LogP contribution in [0.3, 0.4) is 0 Å². The second-order valence-electron chi connectivity index (χ2n) is 10.7. The molecule has 0 saturated heterocycles. The minimum atomic E-state index is -5.10. The van der Waals surface area contributed by atoms with E-state index in [9.17, 15) is 35.9 Å². The second kappa shape index (κ2) is 14.2. The molecule has 2 amide bonds. The summed E-state index contributed by atoms with van der Waals surface area (Å²) in [7, 11) is 1.37. The number of amides is 2. The standard InChI is InChI=1S/C30H32F6N6O6/c1-4-28(37)14-19(24-22(6-7-23(41-24)46-3)42(28)27(45)47-5-2)25-38-15-21(40-26(44)48-9-8-43)20(39-25)12-16-10-17(29(31,32)33)13-18(11-16)30(34,35)36/h6-7,10-11,13,15,19,43H,4-5,8-9,12,14,37H2,1-3H3,(H,40,44)/t19-,28+/m0/s1. The van der Waals surface area contributed by atoms with Crippen molar-refractivity contribution in [2.75, 3.05) is 37.1 Å². The molecule has 1 aliphatic heterocycles. The Morgan fingerprint density at radius 3 is 2.29 bits per heavy atom. The number of nitrogens with two attached hydrogens (primary N) is 1. The van der Waals surface area contributed by atoms with Gasteiger partial charge in [0.2, 0.25) is 5.88 Å². The van der Waals surface area contributed by atoms with E-state index in [-0.39, 0.29) is 60.0 Å². The number of anilines is 2. The molecule has 0 aliphatic carbocycles. The number of pyridine rings is 1. The fraction of sp³-hybridized carbons (Fsp3) is 0.433. The first-order chi connectivity index (χ1) is 22.5. The molecule has 4 rings (SSSR count). The first kappa shape index (κ1) is 36.1. The monoisotopic (exact) mass is 686 g/mol. The lowest BCUT2D eigenvalue weighted by Crippen LogP contribution is -2.61. The van der Waals surface area contributed by atoms with Gasteiger partial charge in [-0.1, -0.05) is 6.92 Å². The molecule has 12 nitrogen and oxygen atoms in total. The normalized spacial score (nSPS) is 17.8. The predicted molar refractivity (Wildman–Crippen MR) is 157 cm³/mol. The molecule has 4 N–H and O–H groups in total. The highest BCUT2D eigenvalue weighted by Gasteiger charge is 2.47. The zero-order chi connectivity index (χ0) is 35.4. The summed E-state index contributed by atoms with van der Waals surface area (Å²) in [6.07, 6.45) is -11.4. The number of rotatable bonds is 9. The smallest absolute Gasteiger partial charge is 0.416 e. The molecule has 1 aromatic carbocycles. The number of halogens is 6. The summed E-state index contributed by atoms with van der Waals surface area (Å²) in [6.45, 7) is 2.48. The van der Waals surface area contributed by atoms with Crippen LogP contribution in [0.2, 0.25) is 0 Å². The van der Waals surface area contributed by atoms with Crippen molar-refractivity contribution in [2.45, 2.75) is 57.0 Å². The average Bonchev–Trinajstić information content (AvgIpc) is 3.03. The summed E-state index contributed by atoms with van der Waals surface area (Å²) < 4.78 is 97.2. The van der Waals surface area contributed by atoms with Crippen LogP contribution in [0.4, 0.5) is 47.3 Å². The van der Waals surface area contributed by atoms with Gasteiger partial charge >= 0.3 is 24.5 Å². The summed E-state index contributed by atoms with van der Waals surface area (Å²) in [5.41, 5.74) is 1.99. The number of fused-ring (bicyclic) bond motifs is 1. The molecule has 2 atom stereocenters. The van der Waals surface area contributed by atoms with Crippen molar-refractivity contribution in [3.8, 4) is 5.88 Å². The predicted octanol–water partition coefficient (Wildman–Crippen LogP) is 5.61. The molecule has 3 aromatic rings. The van der Waals surface area contributed by atoms with E-state index in [1.807, 2.05) is 0 Å². The van der Waals surface area contributed by atoms with Crippen molar-refractivity contribution in [2.24, 2.45) is 5.73 Å². The number of carbonyl (C=O) groups excluding carboxylic acids is 2. The van der Waals surface area contributed by atoms with Crippen molar-refractivity contribution in [3.05, 3.63) is 70.4 Å². The number of aliphatic hydroxyl groups is 1. The number of carbonyl (C=O) groups is 2. The Morgan fingerprint density at radius 2 is 1.73 bits per heavy atom. The van der Waals surface area contributed by atoms with Crippen molar-refractivity contribution >= 4 is 23.6 Å². The Hall–Kier alpha value is -4.71. The van der Waals surface area contributed by atoms with Gasteiger partial charge in [-0.2, -0.15) is 26.3 Å². The van der Waals surface area contributed by atoms with Gasteiger partial charge in [0.15, 0.2) is 0 Å². The van der Waals surface area contributed by atoms with Crippen molar-refractivity contribution in [1.29, 1.82) is 0 Å². The highest BCUT2D eigenvalue weighted by Crippen LogP contribution is 2.45. The third kappa shape index (κ3) is 7.87. The maximum absolute atomic E-state index is 13.6. The highest BCUT2D eigenvalue weighted by molar-refractivity contribution is 5.91. The molecular weight excluding hydrogens is 654 g/mol. The van der Waals surface area contributed by atoms with Crippen LogP contribution in [0.5, 0.6) is 5.88 Å². The fourth-order valence-corrected chi connectivity index (χ4v) is 5.21. The zero-order valence-corrected chi connectivity index (χ0v) is 25.9. The van der Waals surface area contributed by atoms with Crippen LogP contribution in [-0.2, 0) is 28.2 Å². The Kier molecular flexibility index (Phi) is 10.7. The molecule has 2 aromatic heterocycles. The second-order valence-corrected chi connectivity index (χ2v) is 10.7. The SMILES string of the molecule is CCOC(=O)N1c2ccc(OC)nc2[C@@H](c2ncc(NC(=O)OCCO)c(Cc3cc(C(F)(F)F)cc(C(F)(F)F)c3)n2)C[C@@]1(N)CC. The molecule has 3 heterocycles. The minimum Gasteiger partial charge on any atom is -0.481 e. The first-order valence-corrected chi connectivity index (χ1v) is 14.5. The number of nitrogens with one attached hydrogen (secondary N) is 1. The number of aliphatic hydroxyl groups excluding tert-OH is 1. The van der Waals surface area contributed by atoms with Crippen molar-refractivity contribution in [3.63, 3.8) is 0 Å². The van der Waals surface area contributed by atoms with Gasteiger partial charge in [0.05, 0.1) is 66.3 Å². The van der Waals surface area contributed by atoms with Crippen LogP contribution in [0, 0.1) is 0 Å². The van der Waals surface area contributed by atoms with Gasteiger partial charge in [0.25, 0.3) is 0 Å². The fourth-order valence-electron chi connectivity index (χ4n) is 5.21. The number of ether oxygens (including phenoxy) is 3. The molecule has 1 aliphatic rings. The molecule has 0 bridgehead atoms. The molecule has 0 fully saturated rings. The minimum absolute atomic E-state index is 0.000772. The highest BCUT2D eigenvalue weighted by atomic mass is 19.4. The number of hydrogen-bond donors (Lipinski definition) is 3. The van der Waals surface area contributed by atoms with Crippen LogP contribution < -0.4 is 20.7 Å². The Labute approximate surface area is 270 Å². The summed E-state index contributed by atoms with van der Waals surface area (Å²) in [5.74, 6) is -0.749. The maximum atomic E-state index is 13.6. The molecule has 0 spiro atoms. The van der Waals surface area contributed by atoms with E-state index in [0.717, 1.165) is 6.20 Å². The third-order valence-electron chi connectivity index (χ3n) is 7.50. The van der Waals surface area contributed by atoms with Crippen molar-refractivity contribution < 1.29 is 55.2 Å². The number of nitrogens with zero attached hydrogens (tertiary/aromatic N) is 4. The van der Waals surface area contributed by atoms with Gasteiger partial charge in [0.1, 0.15) is 18.1 Å². The number of hydrogen-bond acceptors (Lipinski definition) is 10. The largest absolute Gasteiger partial charge is 0.481 e. The molecule has 260 valence electrons. The van der Waals surface area contributed by atoms with E-state index < -0.39 is 72.4 Å². The molecule has 0 radical (unpaired) electrons. The van der Waals surface area contributed by atoms with Crippen molar-refractivity contribution in [1.82, 2.24) is 15.0 Å². The molecule has 0 unspecified atom stereocenters. The van der Waals surface area contributed by atoms with E-state index in [0.29, 0.717) is 12.1 Å². The Balaban J connectivity index is 1.90. The maximum Gasteiger partial charge on any atom is 0.416 e. The van der Waals surface area contributed by atoms with Crippen LogP contribution in [-0.4, -0.2) is 64.8 Å². The van der Waals surface area contributed by atoms with E-state index >= 15 is 0 Å². The molecular formula is C30H32F6N6O6.